The van der Waals surface area contributed by atoms with E-state index in [1.807, 2.05) is 41.1 Å². The summed E-state index contributed by atoms with van der Waals surface area (Å²) in [6.45, 7) is 1.48. The van der Waals surface area contributed by atoms with E-state index in [2.05, 4.69) is 15.3 Å². The molecule has 0 atom stereocenters. The summed E-state index contributed by atoms with van der Waals surface area (Å²) in [5.41, 5.74) is 1.85. The summed E-state index contributed by atoms with van der Waals surface area (Å²) >= 11 is 0. The minimum atomic E-state index is -0.0428. The van der Waals surface area contributed by atoms with Gasteiger partial charge in [0, 0.05) is 44.0 Å². The molecular formula is C18H20N4O3. The Kier molecular flexibility index (Phi) is 5.58. The van der Waals surface area contributed by atoms with E-state index in [0.717, 1.165) is 16.9 Å². The lowest BCUT2D eigenvalue weighted by Crippen LogP contribution is -2.24. The van der Waals surface area contributed by atoms with Crippen molar-refractivity contribution in [3.63, 3.8) is 0 Å². The van der Waals surface area contributed by atoms with E-state index in [1.54, 1.807) is 19.5 Å². The molecule has 0 saturated heterocycles. The van der Waals surface area contributed by atoms with Crippen LogP contribution in [0.15, 0.2) is 49.1 Å². The number of amides is 1. The molecule has 0 fully saturated rings. The van der Waals surface area contributed by atoms with Gasteiger partial charge in [0.1, 0.15) is 12.4 Å². The van der Waals surface area contributed by atoms with Crippen LogP contribution in [0, 0.1) is 0 Å². The van der Waals surface area contributed by atoms with Crippen LogP contribution < -0.4 is 10.1 Å². The van der Waals surface area contributed by atoms with E-state index < -0.39 is 0 Å². The summed E-state index contributed by atoms with van der Waals surface area (Å²) in [5, 5.41) is 2.90. The van der Waals surface area contributed by atoms with Crippen molar-refractivity contribution in [2.45, 2.75) is 13.0 Å². The first-order valence-electron chi connectivity index (χ1n) is 7.99. The lowest BCUT2D eigenvalue weighted by atomic mass is 10.1. The first kappa shape index (κ1) is 16.9. The fraction of sp³-hybridized carbons (Fsp3) is 0.278. The summed E-state index contributed by atoms with van der Waals surface area (Å²) in [7, 11) is 1.63. The average molecular weight is 340 g/mol. The number of aromatic nitrogens is 3. The number of hydrogen-bond donors (Lipinski definition) is 1. The molecule has 1 amide bonds. The number of rotatable bonds is 8. The fourth-order valence-electron chi connectivity index (χ4n) is 2.34. The minimum Gasteiger partial charge on any atom is -0.491 e. The molecule has 0 aliphatic heterocycles. The Balaban J connectivity index is 1.48. The van der Waals surface area contributed by atoms with E-state index >= 15 is 0 Å². The van der Waals surface area contributed by atoms with Gasteiger partial charge in [-0.3, -0.25) is 9.20 Å². The average Bonchev–Trinajstić information content (AvgIpc) is 3.09. The Morgan fingerprint density at radius 2 is 2.00 bits per heavy atom. The Bertz CT molecular complexity index is 830. The van der Waals surface area contributed by atoms with E-state index in [1.165, 1.54) is 0 Å². The lowest BCUT2D eigenvalue weighted by Gasteiger charge is -2.08. The van der Waals surface area contributed by atoms with E-state index in [0.29, 0.717) is 32.0 Å². The molecule has 2 heterocycles. The predicted octanol–water partition coefficient (Wildman–Crippen LogP) is 1.61. The second-order valence-electron chi connectivity index (χ2n) is 5.54. The largest absolute Gasteiger partial charge is 0.491 e. The number of nitrogens with zero attached hydrogens (tertiary/aromatic N) is 3. The molecule has 0 aliphatic rings. The molecule has 0 bridgehead atoms. The second kappa shape index (κ2) is 8.25. The summed E-state index contributed by atoms with van der Waals surface area (Å²) in [6, 6.07) is 7.49. The minimum absolute atomic E-state index is 0.0428. The molecule has 0 radical (unpaired) electrons. The number of benzene rings is 1. The summed E-state index contributed by atoms with van der Waals surface area (Å²) in [6.07, 6.45) is 7.45. The van der Waals surface area contributed by atoms with Crippen molar-refractivity contribution in [2.24, 2.45) is 0 Å². The van der Waals surface area contributed by atoms with Crippen molar-refractivity contribution in [3.8, 4) is 5.75 Å². The van der Waals surface area contributed by atoms with Crippen LogP contribution in [-0.4, -0.2) is 40.6 Å². The maximum atomic E-state index is 12.1. The molecule has 25 heavy (non-hydrogen) atoms. The zero-order valence-corrected chi connectivity index (χ0v) is 14.0. The van der Waals surface area contributed by atoms with Gasteiger partial charge < -0.3 is 14.8 Å². The number of methoxy groups -OCH3 is 1. The fourth-order valence-corrected chi connectivity index (χ4v) is 2.34. The molecular weight excluding hydrogens is 320 g/mol. The third-order valence-electron chi connectivity index (χ3n) is 3.63. The maximum Gasteiger partial charge on any atom is 0.233 e. The monoisotopic (exact) mass is 340 g/mol. The smallest absolute Gasteiger partial charge is 0.233 e. The van der Waals surface area contributed by atoms with Crippen molar-refractivity contribution >= 4 is 11.7 Å². The molecule has 3 rings (SSSR count). The molecule has 0 spiro atoms. The Morgan fingerprint density at radius 1 is 1.16 bits per heavy atom. The number of carbonyl (C=O) groups excluding carboxylic acids is 1. The third kappa shape index (κ3) is 4.77. The summed E-state index contributed by atoms with van der Waals surface area (Å²) in [5.74, 6) is 1.36. The Hall–Kier alpha value is -2.93. The van der Waals surface area contributed by atoms with Gasteiger partial charge in [-0.05, 0) is 17.7 Å². The summed E-state index contributed by atoms with van der Waals surface area (Å²) in [4.78, 5) is 20.4. The molecule has 1 aromatic carbocycles. The van der Waals surface area contributed by atoms with E-state index in [9.17, 15) is 4.79 Å². The Morgan fingerprint density at radius 3 is 2.80 bits per heavy atom. The van der Waals surface area contributed by atoms with E-state index in [4.69, 9.17) is 9.47 Å². The highest BCUT2D eigenvalue weighted by molar-refractivity contribution is 5.78. The van der Waals surface area contributed by atoms with Gasteiger partial charge in [-0.25, -0.2) is 9.97 Å². The number of carbonyl (C=O) groups is 1. The van der Waals surface area contributed by atoms with Crippen molar-refractivity contribution in [3.05, 3.63) is 60.2 Å². The molecule has 7 nitrogen and oxygen atoms in total. The quantitative estimate of drug-likeness (QED) is 0.631. The topological polar surface area (TPSA) is 77.8 Å². The van der Waals surface area contributed by atoms with Crippen molar-refractivity contribution in [2.75, 3.05) is 20.3 Å². The Labute approximate surface area is 145 Å². The SMILES string of the molecule is COCCOc1ccc(CC(=O)NCc2cnc3nccn3c2)cc1. The zero-order valence-electron chi connectivity index (χ0n) is 14.0. The first-order chi connectivity index (χ1) is 12.2. The van der Waals surface area contributed by atoms with Crippen LogP contribution in [0.25, 0.3) is 5.78 Å². The lowest BCUT2D eigenvalue weighted by molar-refractivity contribution is -0.120. The third-order valence-corrected chi connectivity index (χ3v) is 3.63. The number of hydrogen-bond acceptors (Lipinski definition) is 5. The molecule has 130 valence electrons. The highest BCUT2D eigenvalue weighted by Crippen LogP contribution is 2.12. The van der Waals surface area contributed by atoms with Crippen LogP contribution >= 0.6 is 0 Å². The molecule has 0 unspecified atom stereocenters. The van der Waals surface area contributed by atoms with Crippen LogP contribution in [0.4, 0.5) is 0 Å². The van der Waals surface area contributed by atoms with Crippen molar-refractivity contribution < 1.29 is 14.3 Å². The van der Waals surface area contributed by atoms with Crippen LogP contribution in [-0.2, 0) is 22.5 Å². The van der Waals surface area contributed by atoms with Gasteiger partial charge in [0.15, 0.2) is 0 Å². The van der Waals surface area contributed by atoms with Gasteiger partial charge in [-0.15, -0.1) is 0 Å². The van der Waals surface area contributed by atoms with Crippen LogP contribution in [0.2, 0.25) is 0 Å². The molecule has 7 heteroatoms. The van der Waals surface area contributed by atoms with Gasteiger partial charge >= 0.3 is 0 Å². The van der Waals surface area contributed by atoms with Gasteiger partial charge in [0.05, 0.1) is 13.0 Å². The highest BCUT2D eigenvalue weighted by Gasteiger charge is 2.05. The van der Waals surface area contributed by atoms with Crippen LogP contribution in [0.3, 0.4) is 0 Å². The first-order valence-corrected chi connectivity index (χ1v) is 7.99. The molecule has 1 N–H and O–H groups in total. The molecule has 0 saturated carbocycles. The van der Waals surface area contributed by atoms with Gasteiger partial charge in [-0.2, -0.15) is 0 Å². The van der Waals surface area contributed by atoms with Crippen LogP contribution in [0.5, 0.6) is 5.75 Å². The van der Waals surface area contributed by atoms with Gasteiger partial charge in [-0.1, -0.05) is 12.1 Å². The van der Waals surface area contributed by atoms with Gasteiger partial charge in [0.25, 0.3) is 0 Å². The van der Waals surface area contributed by atoms with Gasteiger partial charge in [0.2, 0.25) is 11.7 Å². The van der Waals surface area contributed by atoms with Crippen molar-refractivity contribution in [1.82, 2.24) is 19.7 Å². The summed E-state index contributed by atoms with van der Waals surface area (Å²) < 4.78 is 12.3. The molecule has 2 aromatic heterocycles. The van der Waals surface area contributed by atoms with E-state index in [-0.39, 0.29) is 5.91 Å². The maximum absolute atomic E-state index is 12.1. The second-order valence-corrected chi connectivity index (χ2v) is 5.54. The predicted molar refractivity (Wildman–Crippen MR) is 92.4 cm³/mol. The van der Waals surface area contributed by atoms with Crippen LogP contribution in [0.1, 0.15) is 11.1 Å². The molecule has 3 aromatic rings. The zero-order chi connectivity index (χ0) is 17.5. The number of ether oxygens (including phenoxy) is 2. The number of nitrogens with one attached hydrogen (secondary N) is 1. The normalized spacial score (nSPS) is 10.8. The molecule has 0 aliphatic carbocycles. The number of imidazole rings is 1. The number of fused-ring (bicyclic) bond motifs is 1. The highest BCUT2D eigenvalue weighted by atomic mass is 16.5. The van der Waals surface area contributed by atoms with Crippen molar-refractivity contribution in [1.29, 1.82) is 0 Å². The standard InChI is InChI=1S/C18H20N4O3/c1-24-8-9-25-16-4-2-14(3-5-16)10-17(23)20-11-15-12-21-18-19-6-7-22(18)13-15/h2-7,12-13H,8-11H2,1H3,(H,20,23).